The van der Waals surface area contributed by atoms with Crippen LogP contribution in [0.3, 0.4) is 0 Å². The number of hydrogen-bond donors (Lipinski definition) is 1. The van der Waals surface area contributed by atoms with Crippen LogP contribution in [0.15, 0.2) is 30.5 Å². The van der Waals surface area contributed by atoms with Crippen LogP contribution in [0, 0.1) is 5.92 Å². The molecular weight excluding hydrogens is 240 g/mol. The van der Waals surface area contributed by atoms with Crippen LogP contribution in [0.1, 0.15) is 12.0 Å². The highest BCUT2D eigenvalue weighted by molar-refractivity contribution is 5.89. The van der Waals surface area contributed by atoms with Gasteiger partial charge in [-0.2, -0.15) is 0 Å². The van der Waals surface area contributed by atoms with Gasteiger partial charge in [-0.25, -0.2) is 4.98 Å². The van der Waals surface area contributed by atoms with Crippen LogP contribution in [0.5, 0.6) is 5.88 Å². The molecule has 1 aromatic heterocycles. The average Bonchev–Trinajstić information content (AvgIpc) is 2.98. The van der Waals surface area contributed by atoms with Gasteiger partial charge in [0.25, 0.3) is 0 Å². The molecule has 0 bridgehead atoms. The Labute approximate surface area is 112 Å². The second-order valence-electron chi connectivity index (χ2n) is 4.88. The molecule has 4 nitrogen and oxygen atoms in total. The zero-order valence-corrected chi connectivity index (χ0v) is 10.8. The van der Waals surface area contributed by atoms with Gasteiger partial charge in [0.2, 0.25) is 5.88 Å². The molecule has 100 valence electrons. The lowest BCUT2D eigenvalue weighted by Crippen LogP contribution is -2.12. The van der Waals surface area contributed by atoms with E-state index in [4.69, 9.17) is 15.2 Å². The van der Waals surface area contributed by atoms with Crippen molar-refractivity contribution in [2.75, 3.05) is 19.8 Å². The number of pyridine rings is 1. The summed E-state index contributed by atoms with van der Waals surface area (Å²) in [5, 5.41) is 2.15. The normalized spacial score (nSPS) is 18.9. The molecular formula is C15H18N2O2. The first-order valence-corrected chi connectivity index (χ1v) is 6.65. The molecule has 0 aliphatic carbocycles. The summed E-state index contributed by atoms with van der Waals surface area (Å²) in [5.41, 5.74) is 6.79. The minimum Gasteiger partial charge on any atom is -0.477 e. The molecule has 0 saturated carbocycles. The Morgan fingerprint density at radius 3 is 2.89 bits per heavy atom. The van der Waals surface area contributed by atoms with Gasteiger partial charge in [-0.05, 0) is 23.4 Å². The molecule has 1 unspecified atom stereocenters. The Balaban J connectivity index is 1.86. The Morgan fingerprint density at radius 2 is 2.16 bits per heavy atom. The van der Waals surface area contributed by atoms with Crippen molar-refractivity contribution in [2.24, 2.45) is 11.7 Å². The summed E-state index contributed by atoms with van der Waals surface area (Å²) in [4.78, 5) is 4.40. The van der Waals surface area contributed by atoms with E-state index in [1.54, 1.807) is 0 Å². The number of ether oxygens (including phenoxy) is 2. The fourth-order valence-electron chi connectivity index (χ4n) is 2.41. The molecule has 1 atom stereocenters. The largest absolute Gasteiger partial charge is 0.477 e. The van der Waals surface area contributed by atoms with Crippen molar-refractivity contribution in [3.8, 4) is 5.88 Å². The second kappa shape index (κ2) is 5.55. The number of aromatic nitrogens is 1. The van der Waals surface area contributed by atoms with Gasteiger partial charge in [-0.15, -0.1) is 0 Å². The predicted molar refractivity (Wildman–Crippen MR) is 74.1 cm³/mol. The van der Waals surface area contributed by atoms with Crippen LogP contribution in [0.4, 0.5) is 0 Å². The second-order valence-corrected chi connectivity index (χ2v) is 4.88. The Morgan fingerprint density at radius 1 is 1.32 bits per heavy atom. The van der Waals surface area contributed by atoms with Crippen molar-refractivity contribution in [3.05, 3.63) is 36.0 Å². The third-order valence-electron chi connectivity index (χ3n) is 3.54. The zero-order valence-electron chi connectivity index (χ0n) is 10.8. The molecule has 2 aromatic rings. The molecule has 0 radical (unpaired) electrons. The molecule has 0 amide bonds. The van der Waals surface area contributed by atoms with E-state index in [0.717, 1.165) is 36.0 Å². The average molecular weight is 258 g/mol. The molecule has 1 fully saturated rings. The maximum Gasteiger partial charge on any atom is 0.221 e. The van der Waals surface area contributed by atoms with Gasteiger partial charge < -0.3 is 15.2 Å². The van der Waals surface area contributed by atoms with Gasteiger partial charge in [0.1, 0.15) is 0 Å². The first kappa shape index (κ1) is 12.4. The molecule has 3 rings (SSSR count). The first-order chi connectivity index (χ1) is 9.38. The molecule has 19 heavy (non-hydrogen) atoms. The summed E-state index contributed by atoms with van der Waals surface area (Å²) in [6, 6.07) is 8.10. The quantitative estimate of drug-likeness (QED) is 0.912. The molecule has 1 aliphatic heterocycles. The fraction of sp³-hybridized carbons (Fsp3) is 0.400. The van der Waals surface area contributed by atoms with Gasteiger partial charge in [0.05, 0.1) is 13.2 Å². The van der Waals surface area contributed by atoms with Crippen molar-refractivity contribution < 1.29 is 9.47 Å². The van der Waals surface area contributed by atoms with Crippen LogP contribution < -0.4 is 10.5 Å². The highest BCUT2D eigenvalue weighted by Crippen LogP contribution is 2.26. The molecule has 2 heterocycles. The first-order valence-electron chi connectivity index (χ1n) is 6.65. The molecule has 1 aromatic carbocycles. The Bertz CT molecular complexity index is 565. The van der Waals surface area contributed by atoms with Gasteiger partial charge in [-0.3, -0.25) is 0 Å². The summed E-state index contributed by atoms with van der Waals surface area (Å²) in [6.07, 6.45) is 2.88. The van der Waals surface area contributed by atoms with E-state index in [9.17, 15) is 0 Å². The van der Waals surface area contributed by atoms with E-state index in [1.165, 1.54) is 0 Å². The van der Waals surface area contributed by atoms with Crippen molar-refractivity contribution in [3.63, 3.8) is 0 Å². The molecule has 1 saturated heterocycles. The number of hydrogen-bond acceptors (Lipinski definition) is 4. The van der Waals surface area contributed by atoms with Crippen LogP contribution in [0.2, 0.25) is 0 Å². The van der Waals surface area contributed by atoms with Gasteiger partial charge >= 0.3 is 0 Å². The van der Waals surface area contributed by atoms with Crippen LogP contribution in [-0.4, -0.2) is 24.8 Å². The summed E-state index contributed by atoms with van der Waals surface area (Å²) < 4.78 is 11.2. The van der Waals surface area contributed by atoms with Crippen LogP contribution in [-0.2, 0) is 11.3 Å². The Hall–Kier alpha value is -1.65. The van der Waals surface area contributed by atoms with Crippen molar-refractivity contribution >= 4 is 10.8 Å². The van der Waals surface area contributed by atoms with E-state index in [0.29, 0.717) is 24.9 Å². The lowest BCUT2D eigenvalue weighted by atomic mass is 10.1. The van der Waals surface area contributed by atoms with E-state index < -0.39 is 0 Å². The highest BCUT2D eigenvalue weighted by atomic mass is 16.5. The monoisotopic (exact) mass is 258 g/mol. The minimum absolute atomic E-state index is 0.481. The molecule has 1 aliphatic rings. The molecule has 4 heteroatoms. The predicted octanol–water partition coefficient (Wildman–Crippen LogP) is 2.11. The number of nitrogens with zero attached hydrogens (tertiary/aromatic N) is 1. The highest BCUT2D eigenvalue weighted by Gasteiger charge is 2.17. The van der Waals surface area contributed by atoms with Crippen LogP contribution in [0.25, 0.3) is 10.8 Å². The lowest BCUT2D eigenvalue weighted by Gasteiger charge is -2.13. The third kappa shape index (κ3) is 2.55. The topological polar surface area (TPSA) is 57.4 Å². The summed E-state index contributed by atoms with van der Waals surface area (Å²) >= 11 is 0. The number of nitrogens with two attached hydrogens (primary N) is 1. The fourth-order valence-corrected chi connectivity index (χ4v) is 2.41. The third-order valence-corrected chi connectivity index (χ3v) is 3.54. The van der Waals surface area contributed by atoms with Crippen LogP contribution >= 0.6 is 0 Å². The van der Waals surface area contributed by atoms with E-state index >= 15 is 0 Å². The maximum atomic E-state index is 5.87. The molecule has 2 N–H and O–H groups in total. The summed E-state index contributed by atoms with van der Waals surface area (Å²) in [7, 11) is 0. The minimum atomic E-state index is 0.481. The van der Waals surface area contributed by atoms with Gasteiger partial charge in [0.15, 0.2) is 0 Å². The summed E-state index contributed by atoms with van der Waals surface area (Å²) in [6.45, 7) is 2.79. The summed E-state index contributed by atoms with van der Waals surface area (Å²) in [5.74, 6) is 1.18. The van der Waals surface area contributed by atoms with E-state index in [2.05, 4.69) is 11.1 Å². The van der Waals surface area contributed by atoms with E-state index in [1.807, 2.05) is 24.4 Å². The lowest BCUT2D eigenvalue weighted by molar-refractivity contribution is 0.166. The number of benzene rings is 1. The van der Waals surface area contributed by atoms with Crippen molar-refractivity contribution in [1.29, 1.82) is 0 Å². The SMILES string of the molecule is NCc1cnc(OCC2CCOC2)c2ccccc12. The maximum absolute atomic E-state index is 5.87. The number of rotatable bonds is 4. The van der Waals surface area contributed by atoms with Gasteiger partial charge in [-0.1, -0.05) is 18.2 Å². The van der Waals surface area contributed by atoms with Crippen molar-refractivity contribution in [1.82, 2.24) is 4.98 Å². The number of fused-ring (bicyclic) bond motifs is 1. The zero-order chi connectivity index (χ0) is 13.1. The molecule has 0 spiro atoms. The van der Waals surface area contributed by atoms with Crippen molar-refractivity contribution in [2.45, 2.75) is 13.0 Å². The standard InChI is InChI=1S/C15H18N2O2/c16-7-12-8-17-15(14-4-2-1-3-13(12)14)19-10-11-5-6-18-9-11/h1-4,8,11H,5-7,9-10,16H2. The van der Waals surface area contributed by atoms with E-state index in [-0.39, 0.29) is 0 Å². The smallest absolute Gasteiger partial charge is 0.221 e. The Kier molecular flexibility index (Phi) is 3.62. The van der Waals surface area contributed by atoms with Gasteiger partial charge in [0, 0.05) is 30.7 Å².